The van der Waals surface area contributed by atoms with E-state index in [1.165, 1.54) is 0 Å². The lowest BCUT2D eigenvalue weighted by atomic mass is 10.2. The fraction of sp³-hybridized carbons (Fsp3) is 0.500. The van der Waals surface area contributed by atoms with Gasteiger partial charge < -0.3 is 5.32 Å². The largest absolute Gasteiger partial charge is 0.316 e. The Labute approximate surface area is 111 Å². The van der Waals surface area contributed by atoms with E-state index in [4.69, 9.17) is 0 Å². The normalized spacial score (nSPS) is 19.9. The van der Waals surface area contributed by atoms with Gasteiger partial charge in [-0.2, -0.15) is 0 Å². The summed E-state index contributed by atoms with van der Waals surface area (Å²) < 4.78 is 39.2. The molecule has 1 aliphatic rings. The van der Waals surface area contributed by atoms with Gasteiger partial charge in [0.15, 0.2) is 11.6 Å². The first kappa shape index (κ1) is 15.3. The van der Waals surface area contributed by atoms with Crippen molar-refractivity contribution in [2.75, 3.05) is 20.1 Å². The van der Waals surface area contributed by atoms with E-state index in [9.17, 15) is 13.2 Å². The molecule has 0 aromatic heterocycles. The van der Waals surface area contributed by atoms with Crippen molar-refractivity contribution in [3.63, 3.8) is 0 Å². The van der Waals surface area contributed by atoms with Crippen LogP contribution in [0.5, 0.6) is 0 Å². The zero-order valence-electron chi connectivity index (χ0n) is 10.0. The Morgan fingerprint density at radius 2 is 1.89 bits per heavy atom. The van der Waals surface area contributed by atoms with Crippen LogP contribution in [0.3, 0.4) is 0 Å². The summed E-state index contributed by atoms with van der Waals surface area (Å²) in [6, 6.07) is 1.94. The minimum atomic E-state index is -1.14. The van der Waals surface area contributed by atoms with E-state index < -0.39 is 17.5 Å². The highest BCUT2D eigenvalue weighted by atomic mass is 35.5. The maximum Gasteiger partial charge on any atom is 0.161 e. The molecule has 102 valence electrons. The molecule has 0 radical (unpaired) electrons. The molecule has 1 aromatic carbocycles. The summed E-state index contributed by atoms with van der Waals surface area (Å²) in [6.07, 6.45) is 0.988. The fourth-order valence-corrected chi connectivity index (χ4v) is 2.14. The standard InChI is InChI=1S/C12H15F3N2.ClH/c1-16-9-2-3-17(7-9)6-8-4-11(14)12(15)5-10(8)13;/h4-5,9,16H,2-3,6-7H2,1H3;1H. The molecule has 18 heavy (non-hydrogen) atoms. The molecule has 0 saturated carbocycles. The van der Waals surface area contributed by atoms with Crippen molar-refractivity contribution in [2.45, 2.75) is 19.0 Å². The summed E-state index contributed by atoms with van der Waals surface area (Å²) in [5, 5.41) is 3.15. The zero-order chi connectivity index (χ0) is 12.4. The number of hydrogen-bond acceptors (Lipinski definition) is 2. The van der Waals surface area contributed by atoms with Crippen LogP contribution >= 0.6 is 12.4 Å². The molecule has 0 amide bonds. The summed E-state index contributed by atoms with van der Waals surface area (Å²) in [5.41, 5.74) is 0.209. The maximum absolute atomic E-state index is 13.4. The molecule has 2 rings (SSSR count). The highest BCUT2D eigenvalue weighted by molar-refractivity contribution is 5.85. The Morgan fingerprint density at radius 3 is 2.50 bits per heavy atom. The van der Waals surface area contributed by atoms with Gasteiger partial charge in [0.1, 0.15) is 5.82 Å². The first-order chi connectivity index (χ1) is 8.10. The lowest BCUT2D eigenvalue weighted by molar-refractivity contribution is 0.315. The van der Waals surface area contributed by atoms with Gasteiger partial charge in [-0.1, -0.05) is 0 Å². The number of nitrogens with one attached hydrogen (secondary N) is 1. The Bertz CT molecular complexity index is 415. The summed E-state index contributed by atoms with van der Waals surface area (Å²) in [4.78, 5) is 2.02. The minimum Gasteiger partial charge on any atom is -0.316 e. The van der Waals surface area contributed by atoms with Gasteiger partial charge in [-0.3, -0.25) is 4.90 Å². The van der Waals surface area contributed by atoms with E-state index >= 15 is 0 Å². The maximum atomic E-state index is 13.4. The third-order valence-electron chi connectivity index (χ3n) is 3.16. The van der Waals surface area contributed by atoms with E-state index in [1.54, 1.807) is 0 Å². The number of rotatable bonds is 3. The van der Waals surface area contributed by atoms with Crippen molar-refractivity contribution in [1.82, 2.24) is 10.2 Å². The molecule has 1 atom stereocenters. The first-order valence-electron chi connectivity index (χ1n) is 5.63. The molecule has 1 aliphatic heterocycles. The van der Waals surface area contributed by atoms with Crippen LogP contribution in [-0.2, 0) is 6.54 Å². The zero-order valence-corrected chi connectivity index (χ0v) is 10.9. The van der Waals surface area contributed by atoms with E-state index in [0.29, 0.717) is 18.7 Å². The SMILES string of the molecule is CNC1CCN(Cc2cc(F)c(F)cc2F)C1.Cl. The third-order valence-corrected chi connectivity index (χ3v) is 3.16. The van der Waals surface area contributed by atoms with Gasteiger partial charge >= 0.3 is 0 Å². The van der Waals surface area contributed by atoms with E-state index in [0.717, 1.165) is 25.6 Å². The number of halogens is 4. The Balaban J connectivity index is 0.00000162. The molecule has 6 heteroatoms. The number of benzene rings is 1. The highest BCUT2D eigenvalue weighted by Gasteiger charge is 2.22. The van der Waals surface area contributed by atoms with E-state index in [1.807, 2.05) is 11.9 Å². The van der Waals surface area contributed by atoms with Crippen molar-refractivity contribution in [2.24, 2.45) is 0 Å². The van der Waals surface area contributed by atoms with Crippen LogP contribution in [0.4, 0.5) is 13.2 Å². The summed E-state index contributed by atoms with van der Waals surface area (Å²) >= 11 is 0. The number of hydrogen-bond donors (Lipinski definition) is 1. The molecular weight excluding hydrogens is 265 g/mol. The average Bonchev–Trinajstić information content (AvgIpc) is 2.73. The van der Waals surface area contributed by atoms with Crippen molar-refractivity contribution in [3.05, 3.63) is 35.1 Å². The molecule has 1 unspecified atom stereocenters. The second-order valence-electron chi connectivity index (χ2n) is 4.37. The molecule has 0 bridgehead atoms. The Hall–Kier alpha value is -0.780. The summed E-state index contributed by atoms with van der Waals surface area (Å²) in [7, 11) is 1.88. The van der Waals surface area contributed by atoms with Crippen LogP contribution in [0.25, 0.3) is 0 Å². The quantitative estimate of drug-likeness (QED) is 0.855. The Morgan fingerprint density at radius 1 is 1.22 bits per heavy atom. The predicted molar refractivity (Wildman–Crippen MR) is 66.3 cm³/mol. The van der Waals surface area contributed by atoms with Gasteiger partial charge in [0.05, 0.1) is 0 Å². The van der Waals surface area contributed by atoms with Crippen LogP contribution in [0.15, 0.2) is 12.1 Å². The van der Waals surface area contributed by atoms with Crippen molar-refractivity contribution in [1.29, 1.82) is 0 Å². The molecule has 1 heterocycles. The second kappa shape index (κ2) is 6.41. The lowest BCUT2D eigenvalue weighted by Gasteiger charge is -2.16. The molecule has 1 saturated heterocycles. The average molecular weight is 281 g/mol. The lowest BCUT2D eigenvalue weighted by Crippen LogP contribution is -2.29. The van der Waals surface area contributed by atoms with Gasteiger partial charge in [0, 0.05) is 37.3 Å². The third kappa shape index (κ3) is 3.37. The van der Waals surface area contributed by atoms with Crippen molar-refractivity contribution >= 4 is 12.4 Å². The van der Waals surface area contributed by atoms with Crippen LogP contribution < -0.4 is 5.32 Å². The van der Waals surface area contributed by atoms with Crippen molar-refractivity contribution < 1.29 is 13.2 Å². The summed E-state index contributed by atoms with van der Waals surface area (Å²) in [5.74, 6) is -2.82. The first-order valence-corrected chi connectivity index (χ1v) is 5.63. The fourth-order valence-electron chi connectivity index (χ4n) is 2.14. The molecular formula is C12H16ClF3N2. The summed E-state index contributed by atoms with van der Waals surface area (Å²) in [6.45, 7) is 1.96. The highest BCUT2D eigenvalue weighted by Crippen LogP contribution is 2.18. The number of nitrogens with zero attached hydrogens (tertiary/aromatic N) is 1. The molecule has 1 aromatic rings. The van der Waals surface area contributed by atoms with Gasteiger partial charge in [0.25, 0.3) is 0 Å². The second-order valence-corrected chi connectivity index (χ2v) is 4.37. The van der Waals surface area contributed by atoms with Gasteiger partial charge in [0.2, 0.25) is 0 Å². The van der Waals surface area contributed by atoms with Crippen LogP contribution in [0.2, 0.25) is 0 Å². The van der Waals surface area contributed by atoms with Gasteiger partial charge in [-0.25, -0.2) is 13.2 Å². The molecule has 0 spiro atoms. The van der Waals surface area contributed by atoms with Crippen LogP contribution in [-0.4, -0.2) is 31.1 Å². The predicted octanol–water partition coefficient (Wildman–Crippen LogP) is 2.32. The van der Waals surface area contributed by atoms with Crippen molar-refractivity contribution in [3.8, 4) is 0 Å². The molecule has 1 N–H and O–H groups in total. The molecule has 2 nitrogen and oxygen atoms in total. The van der Waals surface area contributed by atoms with Gasteiger partial charge in [-0.05, 0) is 19.5 Å². The van der Waals surface area contributed by atoms with Crippen LogP contribution in [0.1, 0.15) is 12.0 Å². The molecule has 1 fully saturated rings. The minimum absolute atomic E-state index is 0. The van der Waals surface area contributed by atoms with E-state index in [2.05, 4.69) is 5.32 Å². The number of likely N-dealkylation sites (tertiary alicyclic amines) is 1. The van der Waals surface area contributed by atoms with E-state index in [-0.39, 0.29) is 18.0 Å². The Kier molecular flexibility index (Phi) is 5.44. The topological polar surface area (TPSA) is 15.3 Å². The number of likely N-dealkylation sites (N-methyl/N-ethyl adjacent to an activating group) is 1. The molecule has 0 aliphatic carbocycles. The smallest absolute Gasteiger partial charge is 0.161 e. The van der Waals surface area contributed by atoms with Crippen LogP contribution in [0, 0.1) is 17.5 Å². The monoisotopic (exact) mass is 280 g/mol. The van der Waals surface area contributed by atoms with Gasteiger partial charge in [-0.15, -0.1) is 12.4 Å².